The average molecular weight is 536 g/mol. The second kappa shape index (κ2) is 11.6. The Kier molecular flexibility index (Phi) is 8.73. The van der Waals surface area contributed by atoms with Gasteiger partial charge in [0.1, 0.15) is 18.7 Å². The molecule has 4 rings (SSSR count). The van der Waals surface area contributed by atoms with Crippen molar-refractivity contribution in [3.05, 3.63) is 47.5 Å². The number of carbonyl (C=O) groups excluding carboxylic acids is 1. The molecule has 2 aliphatic rings. The van der Waals surface area contributed by atoms with E-state index in [9.17, 15) is 13.2 Å². The van der Waals surface area contributed by atoms with Crippen LogP contribution in [0.25, 0.3) is 0 Å². The van der Waals surface area contributed by atoms with Crippen LogP contribution in [0.1, 0.15) is 64.4 Å². The number of likely N-dealkylation sites (tertiary alicyclic amines) is 1. The molecule has 1 aliphatic heterocycles. The quantitative estimate of drug-likeness (QED) is 0.522. The van der Waals surface area contributed by atoms with E-state index in [4.69, 9.17) is 11.6 Å². The molecule has 1 amide bonds. The number of rotatable bonds is 9. The van der Waals surface area contributed by atoms with Crippen molar-refractivity contribution in [1.82, 2.24) is 24.4 Å². The molecule has 1 saturated heterocycles. The highest BCUT2D eigenvalue weighted by molar-refractivity contribution is 7.90. The van der Waals surface area contributed by atoms with Crippen LogP contribution >= 0.6 is 11.6 Å². The number of aromatic nitrogens is 3. The van der Waals surface area contributed by atoms with Gasteiger partial charge in [0, 0.05) is 24.7 Å². The number of benzene rings is 1. The van der Waals surface area contributed by atoms with Gasteiger partial charge in [-0.05, 0) is 75.0 Å². The number of halogens is 1. The van der Waals surface area contributed by atoms with Crippen LogP contribution in [0.4, 0.5) is 0 Å². The fraction of sp³-hybridized carbons (Fsp3) is 0.654. The van der Waals surface area contributed by atoms with Crippen molar-refractivity contribution in [3.63, 3.8) is 0 Å². The highest BCUT2D eigenvalue weighted by Crippen LogP contribution is 2.47. The molecular formula is C26H38ClN5O3S. The summed E-state index contributed by atoms with van der Waals surface area (Å²) in [6.07, 6.45) is 11.7. The molecule has 0 unspecified atom stereocenters. The normalized spacial score (nSPS) is 19.9. The molecule has 1 atom stereocenters. The molecule has 198 valence electrons. The van der Waals surface area contributed by atoms with Gasteiger partial charge >= 0.3 is 0 Å². The summed E-state index contributed by atoms with van der Waals surface area (Å²) in [6, 6.07) is 6.36. The van der Waals surface area contributed by atoms with E-state index in [1.54, 1.807) is 38.6 Å². The van der Waals surface area contributed by atoms with Crippen molar-refractivity contribution < 1.29 is 13.2 Å². The van der Waals surface area contributed by atoms with Crippen LogP contribution < -0.4 is 4.72 Å². The summed E-state index contributed by atoms with van der Waals surface area (Å²) >= 11 is 6.03. The van der Waals surface area contributed by atoms with E-state index in [0.29, 0.717) is 24.0 Å². The second-order valence-electron chi connectivity index (χ2n) is 10.7. The highest BCUT2D eigenvalue weighted by atomic mass is 35.5. The molecule has 1 aliphatic carbocycles. The highest BCUT2D eigenvalue weighted by Gasteiger charge is 2.44. The number of hydrogen-bond acceptors (Lipinski definition) is 5. The SMILES string of the molecule is CC(C)S(=O)(=O)N[C@H](Cc1ccc(Cl)cc1)C(=O)N1CCC(Cn2cncn2)(C2CCCCC2)CC1. The van der Waals surface area contributed by atoms with E-state index in [0.717, 1.165) is 24.9 Å². The largest absolute Gasteiger partial charge is 0.341 e. The number of amides is 1. The summed E-state index contributed by atoms with van der Waals surface area (Å²) in [7, 11) is -3.63. The van der Waals surface area contributed by atoms with Gasteiger partial charge in [-0.1, -0.05) is 43.0 Å². The van der Waals surface area contributed by atoms with Gasteiger partial charge in [-0.15, -0.1) is 0 Å². The van der Waals surface area contributed by atoms with E-state index in [1.165, 1.54) is 32.1 Å². The molecule has 2 fully saturated rings. The summed E-state index contributed by atoms with van der Waals surface area (Å²) in [6.45, 7) is 5.29. The van der Waals surface area contributed by atoms with E-state index < -0.39 is 21.3 Å². The molecule has 36 heavy (non-hydrogen) atoms. The molecule has 1 aromatic carbocycles. The molecule has 1 N–H and O–H groups in total. The van der Waals surface area contributed by atoms with E-state index >= 15 is 0 Å². The number of carbonyl (C=O) groups is 1. The Hall–Kier alpha value is -1.97. The molecule has 2 heterocycles. The number of piperidine rings is 1. The van der Waals surface area contributed by atoms with Crippen molar-refractivity contribution >= 4 is 27.5 Å². The van der Waals surface area contributed by atoms with Gasteiger partial charge in [-0.25, -0.2) is 18.1 Å². The van der Waals surface area contributed by atoms with Gasteiger partial charge < -0.3 is 4.90 Å². The fourth-order valence-corrected chi connectivity index (χ4v) is 6.79. The summed E-state index contributed by atoms with van der Waals surface area (Å²) < 4.78 is 30.1. The van der Waals surface area contributed by atoms with Crippen molar-refractivity contribution in [2.24, 2.45) is 11.3 Å². The predicted octanol–water partition coefficient (Wildman–Crippen LogP) is 4.06. The lowest BCUT2D eigenvalue weighted by molar-refractivity contribution is -0.136. The van der Waals surface area contributed by atoms with Gasteiger partial charge in [0.2, 0.25) is 15.9 Å². The maximum Gasteiger partial charge on any atom is 0.241 e. The fourth-order valence-electron chi connectivity index (χ4n) is 5.81. The van der Waals surface area contributed by atoms with Gasteiger partial charge in [0.25, 0.3) is 0 Å². The Balaban J connectivity index is 1.51. The molecular weight excluding hydrogens is 498 g/mol. The van der Waals surface area contributed by atoms with Crippen molar-refractivity contribution in [3.8, 4) is 0 Å². The summed E-state index contributed by atoms with van der Waals surface area (Å²) in [4.78, 5) is 19.7. The zero-order valence-corrected chi connectivity index (χ0v) is 22.8. The standard InChI is InChI=1S/C26H38ClN5O3S/c1-20(2)36(34,35)30-24(16-21-8-10-23(27)11-9-21)25(33)31-14-12-26(13-15-31,17-32-19-28-18-29-32)22-6-4-3-5-7-22/h8-11,18-20,22,24,30H,3-7,12-17H2,1-2H3/t24-/m1/s1. The monoisotopic (exact) mass is 535 g/mol. The molecule has 0 spiro atoms. The summed E-state index contributed by atoms with van der Waals surface area (Å²) in [5.41, 5.74) is 0.942. The third-order valence-corrected chi connectivity index (χ3v) is 10.2. The minimum Gasteiger partial charge on any atom is -0.341 e. The third kappa shape index (κ3) is 6.47. The van der Waals surface area contributed by atoms with Gasteiger partial charge in [0.05, 0.1) is 5.25 Å². The zero-order valence-electron chi connectivity index (χ0n) is 21.3. The Morgan fingerprint density at radius 3 is 2.39 bits per heavy atom. The molecule has 10 heteroatoms. The first kappa shape index (κ1) is 27.1. The lowest BCUT2D eigenvalue weighted by Gasteiger charge is -2.48. The molecule has 8 nitrogen and oxygen atoms in total. The van der Waals surface area contributed by atoms with Crippen molar-refractivity contribution in [2.75, 3.05) is 13.1 Å². The topological polar surface area (TPSA) is 97.2 Å². The molecule has 1 saturated carbocycles. The Labute approximate surface area is 219 Å². The van der Waals surface area contributed by atoms with Crippen LogP contribution in [0, 0.1) is 11.3 Å². The molecule has 2 aromatic rings. The Morgan fingerprint density at radius 1 is 1.14 bits per heavy atom. The lowest BCUT2D eigenvalue weighted by Crippen LogP contribution is -2.55. The van der Waals surface area contributed by atoms with E-state index in [-0.39, 0.29) is 17.7 Å². The maximum atomic E-state index is 13.7. The third-order valence-electron chi connectivity index (χ3n) is 8.06. The first-order valence-electron chi connectivity index (χ1n) is 13.1. The van der Waals surface area contributed by atoms with Crippen LogP contribution in [-0.4, -0.2) is 58.4 Å². The number of nitrogens with zero attached hydrogens (tertiary/aromatic N) is 4. The lowest BCUT2D eigenvalue weighted by atomic mass is 9.63. The van der Waals surface area contributed by atoms with Crippen molar-refractivity contribution in [2.45, 2.75) is 83.1 Å². The van der Waals surface area contributed by atoms with E-state index in [2.05, 4.69) is 14.8 Å². The number of hydrogen-bond donors (Lipinski definition) is 1. The van der Waals surface area contributed by atoms with Crippen LogP contribution in [0.3, 0.4) is 0 Å². The minimum atomic E-state index is -3.63. The minimum absolute atomic E-state index is 0.0774. The van der Waals surface area contributed by atoms with Crippen LogP contribution in [0.5, 0.6) is 0 Å². The molecule has 0 radical (unpaired) electrons. The Bertz CT molecular complexity index is 1090. The second-order valence-corrected chi connectivity index (χ2v) is 13.4. The average Bonchev–Trinajstić information content (AvgIpc) is 3.38. The number of sulfonamides is 1. The zero-order chi connectivity index (χ0) is 25.8. The Morgan fingerprint density at radius 2 is 1.81 bits per heavy atom. The van der Waals surface area contributed by atoms with E-state index in [1.807, 2.05) is 21.7 Å². The van der Waals surface area contributed by atoms with Gasteiger partial charge in [-0.3, -0.25) is 9.48 Å². The first-order valence-corrected chi connectivity index (χ1v) is 15.0. The smallest absolute Gasteiger partial charge is 0.241 e. The maximum absolute atomic E-state index is 13.7. The predicted molar refractivity (Wildman–Crippen MR) is 141 cm³/mol. The van der Waals surface area contributed by atoms with Gasteiger partial charge in [0.15, 0.2) is 0 Å². The van der Waals surface area contributed by atoms with Crippen LogP contribution in [0.15, 0.2) is 36.9 Å². The first-order chi connectivity index (χ1) is 17.2. The summed E-state index contributed by atoms with van der Waals surface area (Å²) in [5.74, 6) is 0.448. The molecule has 1 aromatic heterocycles. The van der Waals surface area contributed by atoms with Gasteiger partial charge in [-0.2, -0.15) is 5.10 Å². The van der Waals surface area contributed by atoms with Crippen molar-refractivity contribution in [1.29, 1.82) is 0 Å². The summed E-state index contributed by atoms with van der Waals surface area (Å²) in [5, 5.41) is 4.36. The van der Waals surface area contributed by atoms with Crippen LogP contribution in [-0.2, 0) is 27.8 Å². The number of nitrogens with one attached hydrogen (secondary N) is 1. The van der Waals surface area contributed by atoms with Crippen LogP contribution in [0.2, 0.25) is 5.02 Å². The molecule has 0 bridgehead atoms.